The normalized spacial score (nSPS) is 19.6. The number of thiophene rings is 1. The van der Waals surface area contributed by atoms with Crippen molar-refractivity contribution < 1.29 is 14.3 Å². The molecule has 23 heavy (non-hydrogen) atoms. The molecule has 0 saturated heterocycles. The number of ether oxygens (including phenoxy) is 2. The van der Waals surface area contributed by atoms with E-state index in [4.69, 9.17) is 9.47 Å². The summed E-state index contributed by atoms with van der Waals surface area (Å²) in [6.07, 6.45) is 0. The second-order valence-corrected chi connectivity index (χ2v) is 6.57. The molecule has 1 aromatic carbocycles. The largest absolute Gasteiger partial charge is 0.488 e. The summed E-state index contributed by atoms with van der Waals surface area (Å²) in [5, 5.41) is 4.86. The number of carbonyl (C=O) groups is 1. The molecule has 6 heteroatoms. The van der Waals surface area contributed by atoms with E-state index in [0.29, 0.717) is 26.4 Å². The Kier molecular flexibility index (Phi) is 3.93. The van der Waals surface area contributed by atoms with E-state index in [1.165, 1.54) is 11.3 Å². The van der Waals surface area contributed by atoms with Crippen LogP contribution in [0.3, 0.4) is 0 Å². The number of amides is 1. The van der Waals surface area contributed by atoms with Gasteiger partial charge < -0.3 is 19.7 Å². The summed E-state index contributed by atoms with van der Waals surface area (Å²) in [4.78, 5) is 15.1. The molecule has 2 aliphatic rings. The number of rotatable bonds is 4. The molecule has 0 spiro atoms. The summed E-state index contributed by atoms with van der Waals surface area (Å²) < 4.78 is 11.7. The summed E-state index contributed by atoms with van der Waals surface area (Å²) in [7, 11) is 0. The van der Waals surface area contributed by atoms with Crippen LogP contribution in [-0.4, -0.2) is 38.3 Å². The molecule has 0 aliphatic carbocycles. The Bertz CT molecular complexity index is 701. The maximum absolute atomic E-state index is 12.1. The first-order valence-electron chi connectivity index (χ1n) is 7.74. The van der Waals surface area contributed by atoms with Gasteiger partial charge in [0.15, 0.2) is 5.75 Å². The molecule has 3 heterocycles. The molecule has 0 saturated carbocycles. The standard InChI is InChI=1S/C17H18N2O3S/c20-17-16-15-14(11-23-16)22-10-13(19(15)7-6-18-17)9-21-8-12-4-2-1-3-5-12/h1-5,11,13H,6-10H2,(H,18,20)/t13-/m1/s1. The van der Waals surface area contributed by atoms with E-state index in [-0.39, 0.29) is 11.9 Å². The van der Waals surface area contributed by atoms with E-state index >= 15 is 0 Å². The van der Waals surface area contributed by atoms with E-state index in [1.807, 2.05) is 23.6 Å². The first-order valence-corrected chi connectivity index (χ1v) is 8.61. The van der Waals surface area contributed by atoms with Crippen LogP contribution in [0.2, 0.25) is 0 Å². The maximum Gasteiger partial charge on any atom is 0.263 e. The minimum atomic E-state index is -0.00629. The summed E-state index contributed by atoms with van der Waals surface area (Å²) >= 11 is 1.44. The fourth-order valence-corrected chi connectivity index (χ4v) is 3.93. The number of anilines is 1. The molecule has 1 aromatic heterocycles. The van der Waals surface area contributed by atoms with Crippen LogP contribution in [0.25, 0.3) is 0 Å². The van der Waals surface area contributed by atoms with Crippen molar-refractivity contribution in [1.29, 1.82) is 0 Å². The van der Waals surface area contributed by atoms with Gasteiger partial charge in [-0.15, -0.1) is 11.3 Å². The molecule has 0 fully saturated rings. The van der Waals surface area contributed by atoms with Crippen molar-refractivity contribution in [1.82, 2.24) is 5.32 Å². The van der Waals surface area contributed by atoms with Gasteiger partial charge in [0.25, 0.3) is 5.91 Å². The number of nitrogens with zero attached hydrogens (tertiary/aromatic N) is 1. The lowest BCUT2D eigenvalue weighted by Crippen LogP contribution is -2.47. The van der Waals surface area contributed by atoms with E-state index in [1.54, 1.807) is 0 Å². The molecule has 5 nitrogen and oxygen atoms in total. The van der Waals surface area contributed by atoms with Crippen LogP contribution in [0.15, 0.2) is 35.7 Å². The first-order chi connectivity index (χ1) is 11.3. The highest BCUT2D eigenvalue weighted by molar-refractivity contribution is 7.13. The molecule has 0 radical (unpaired) electrons. The van der Waals surface area contributed by atoms with Gasteiger partial charge in [-0.3, -0.25) is 4.79 Å². The fourth-order valence-electron chi connectivity index (χ4n) is 3.02. The Hall–Kier alpha value is -2.05. The zero-order chi connectivity index (χ0) is 15.6. The van der Waals surface area contributed by atoms with Crippen LogP contribution >= 0.6 is 11.3 Å². The Morgan fingerprint density at radius 2 is 2.22 bits per heavy atom. The lowest BCUT2D eigenvalue weighted by molar-refractivity contribution is 0.0870. The van der Waals surface area contributed by atoms with Crippen LogP contribution in [0.1, 0.15) is 15.2 Å². The van der Waals surface area contributed by atoms with Crippen molar-refractivity contribution in [2.75, 3.05) is 31.2 Å². The zero-order valence-corrected chi connectivity index (χ0v) is 13.5. The van der Waals surface area contributed by atoms with Gasteiger partial charge in [-0.1, -0.05) is 30.3 Å². The highest BCUT2D eigenvalue weighted by Crippen LogP contribution is 2.42. The molecule has 2 aromatic rings. The van der Waals surface area contributed by atoms with Crippen LogP contribution in [0.4, 0.5) is 5.69 Å². The van der Waals surface area contributed by atoms with Crippen molar-refractivity contribution in [3.63, 3.8) is 0 Å². The van der Waals surface area contributed by atoms with Crippen LogP contribution in [-0.2, 0) is 11.3 Å². The third-order valence-electron chi connectivity index (χ3n) is 4.16. The van der Waals surface area contributed by atoms with Gasteiger partial charge in [0.2, 0.25) is 0 Å². The molecule has 1 atom stereocenters. The lowest BCUT2D eigenvalue weighted by Gasteiger charge is -2.36. The second-order valence-electron chi connectivity index (χ2n) is 5.69. The van der Waals surface area contributed by atoms with Crippen molar-refractivity contribution in [2.45, 2.75) is 12.6 Å². The number of hydrogen-bond acceptors (Lipinski definition) is 5. The van der Waals surface area contributed by atoms with Gasteiger partial charge in [-0.2, -0.15) is 0 Å². The van der Waals surface area contributed by atoms with E-state index in [0.717, 1.165) is 28.4 Å². The SMILES string of the molecule is O=C1NCCN2c3c(csc31)OC[C@H]2COCc1ccccc1. The van der Waals surface area contributed by atoms with Crippen LogP contribution in [0.5, 0.6) is 5.75 Å². The summed E-state index contributed by atoms with van der Waals surface area (Å²) in [6.45, 7) is 3.19. The Morgan fingerprint density at radius 1 is 1.35 bits per heavy atom. The minimum absolute atomic E-state index is 0.00629. The predicted molar refractivity (Wildman–Crippen MR) is 89.4 cm³/mol. The van der Waals surface area contributed by atoms with Gasteiger partial charge in [0.1, 0.15) is 17.2 Å². The molecule has 120 valence electrons. The fraction of sp³-hybridized carbons (Fsp3) is 0.353. The molecular formula is C17H18N2O3S. The lowest BCUT2D eigenvalue weighted by atomic mass is 10.2. The average Bonchev–Trinajstić information content (AvgIpc) is 2.93. The quantitative estimate of drug-likeness (QED) is 0.934. The van der Waals surface area contributed by atoms with Crippen molar-refractivity contribution in [3.8, 4) is 5.75 Å². The van der Waals surface area contributed by atoms with Crippen molar-refractivity contribution in [2.24, 2.45) is 0 Å². The molecule has 1 N–H and O–H groups in total. The van der Waals surface area contributed by atoms with E-state index in [9.17, 15) is 4.79 Å². The van der Waals surface area contributed by atoms with Crippen molar-refractivity contribution in [3.05, 3.63) is 46.2 Å². The van der Waals surface area contributed by atoms with Gasteiger partial charge in [0.05, 0.1) is 19.3 Å². The van der Waals surface area contributed by atoms with Gasteiger partial charge in [0, 0.05) is 18.5 Å². The monoisotopic (exact) mass is 330 g/mol. The van der Waals surface area contributed by atoms with Gasteiger partial charge in [-0.05, 0) is 5.56 Å². The average molecular weight is 330 g/mol. The Labute approximate surface area is 138 Å². The molecule has 1 amide bonds. The maximum atomic E-state index is 12.1. The minimum Gasteiger partial charge on any atom is -0.488 e. The zero-order valence-electron chi connectivity index (χ0n) is 12.7. The highest BCUT2D eigenvalue weighted by Gasteiger charge is 2.34. The van der Waals surface area contributed by atoms with Crippen LogP contribution in [0, 0.1) is 0 Å². The third kappa shape index (κ3) is 2.80. The smallest absolute Gasteiger partial charge is 0.263 e. The number of hydrogen-bond donors (Lipinski definition) is 1. The van der Waals surface area contributed by atoms with E-state index in [2.05, 4.69) is 22.3 Å². The molecule has 2 aliphatic heterocycles. The first kappa shape index (κ1) is 14.5. The second kappa shape index (κ2) is 6.22. The number of carbonyl (C=O) groups excluding carboxylic acids is 1. The molecule has 0 unspecified atom stereocenters. The number of nitrogens with one attached hydrogen (secondary N) is 1. The topological polar surface area (TPSA) is 50.8 Å². The molecule has 4 rings (SSSR count). The van der Waals surface area contributed by atoms with Gasteiger partial charge in [-0.25, -0.2) is 0 Å². The van der Waals surface area contributed by atoms with Gasteiger partial charge >= 0.3 is 0 Å². The predicted octanol–water partition coefficient (Wildman–Crippen LogP) is 2.28. The highest BCUT2D eigenvalue weighted by atomic mass is 32.1. The van der Waals surface area contributed by atoms with E-state index < -0.39 is 0 Å². The summed E-state index contributed by atoms with van der Waals surface area (Å²) in [5.74, 6) is 0.814. The Balaban J connectivity index is 1.47. The summed E-state index contributed by atoms with van der Waals surface area (Å²) in [5.41, 5.74) is 2.10. The van der Waals surface area contributed by atoms with Crippen LogP contribution < -0.4 is 15.0 Å². The molecule has 0 bridgehead atoms. The molecular weight excluding hydrogens is 312 g/mol. The summed E-state index contributed by atoms with van der Waals surface area (Å²) in [6, 6.07) is 10.3. The van der Waals surface area contributed by atoms with Crippen molar-refractivity contribution >= 4 is 22.9 Å². The third-order valence-corrected chi connectivity index (χ3v) is 5.10. The number of benzene rings is 1. The Morgan fingerprint density at radius 3 is 3.09 bits per heavy atom.